The summed E-state index contributed by atoms with van der Waals surface area (Å²) in [6, 6.07) is 8.88. The van der Waals surface area contributed by atoms with E-state index in [2.05, 4.69) is 5.32 Å². The van der Waals surface area contributed by atoms with E-state index >= 15 is 0 Å². The number of para-hydroxylation sites is 1. The summed E-state index contributed by atoms with van der Waals surface area (Å²) in [5, 5.41) is 1.97. The smallest absolute Gasteiger partial charge is 0.353 e. The fourth-order valence-electron chi connectivity index (χ4n) is 2.31. The minimum atomic E-state index is -4.47. The SMILES string of the molecule is O=S(=O)(CCC(F)(F)F)C1CNCCN1c1ccccc1. The van der Waals surface area contributed by atoms with Crippen molar-refractivity contribution in [2.75, 3.05) is 30.3 Å². The van der Waals surface area contributed by atoms with Crippen molar-refractivity contribution in [1.82, 2.24) is 5.32 Å². The Kier molecular flexibility index (Phi) is 4.77. The van der Waals surface area contributed by atoms with Crippen molar-refractivity contribution in [2.24, 2.45) is 0 Å². The number of hydrogen-bond acceptors (Lipinski definition) is 4. The molecule has 1 aliphatic heterocycles. The van der Waals surface area contributed by atoms with E-state index in [9.17, 15) is 21.6 Å². The average Bonchev–Trinajstić information content (AvgIpc) is 2.46. The topological polar surface area (TPSA) is 49.4 Å². The van der Waals surface area contributed by atoms with Crippen LogP contribution < -0.4 is 10.2 Å². The highest BCUT2D eigenvalue weighted by atomic mass is 32.2. The molecular formula is C13H17F3N2O2S. The molecule has 1 saturated heterocycles. The van der Waals surface area contributed by atoms with Gasteiger partial charge in [-0.25, -0.2) is 8.42 Å². The molecule has 2 rings (SSSR count). The van der Waals surface area contributed by atoms with E-state index in [1.165, 1.54) is 0 Å². The molecule has 0 saturated carbocycles. The number of alkyl halides is 3. The third-order valence-corrected chi connectivity index (χ3v) is 5.39. The van der Waals surface area contributed by atoms with Crippen LogP contribution in [0.1, 0.15) is 6.42 Å². The quantitative estimate of drug-likeness (QED) is 0.918. The lowest BCUT2D eigenvalue weighted by atomic mass is 10.2. The van der Waals surface area contributed by atoms with E-state index in [4.69, 9.17) is 0 Å². The maximum atomic E-state index is 12.3. The van der Waals surface area contributed by atoms with Crippen LogP contribution in [0.25, 0.3) is 0 Å². The molecule has 1 fully saturated rings. The average molecular weight is 322 g/mol. The summed E-state index contributed by atoms with van der Waals surface area (Å²) in [5.41, 5.74) is 0.708. The molecule has 1 unspecified atom stereocenters. The van der Waals surface area contributed by atoms with Gasteiger partial charge in [0.15, 0.2) is 9.84 Å². The first kappa shape index (κ1) is 16.1. The molecule has 1 N–H and O–H groups in total. The first-order chi connectivity index (χ1) is 9.80. The van der Waals surface area contributed by atoms with E-state index in [1.54, 1.807) is 35.2 Å². The summed E-state index contributed by atoms with van der Waals surface area (Å²) in [6.45, 7) is 1.18. The number of piperazine rings is 1. The van der Waals surface area contributed by atoms with Gasteiger partial charge in [0.05, 0.1) is 12.2 Å². The van der Waals surface area contributed by atoms with E-state index in [1.807, 2.05) is 0 Å². The Morgan fingerprint density at radius 3 is 2.52 bits per heavy atom. The van der Waals surface area contributed by atoms with Crippen LogP contribution in [0.2, 0.25) is 0 Å². The molecule has 0 spiro atoms. The van der Waals surface area contributed by atoms with E-state index < -0.39 is 33.6 Å². The highest BCUT2D eigenvalue weighted by Gasteiger charge is 2.37. The monoisotopic (exact) mass is 322 g/mol. The van der Waals surface area contributed by atoms with Crippen LogP contribution in [0.3, 0.4) is 0 Å². The normalized spacial score (nSPS) is 20.5. The Bertz CT molecular complexity index is 561. The third kappa shape index (κ3) is 4.34. The Hall–Kier alpha value is -1.28. The molecule has 1 atom stereocenters. The van der Waals surface area contributed by atoms with Gasteiger partial charge in [-0.3, -0.25) is 0 Å². The number of anilines is 1. The number of benzene rings is 1. The van der Waals surface area contributed by atoms with E-state index in [0.717, 1.165) is 0 Å². The Balaban J connectivity index is 2.18. The molecule has 0 amide bonds. The molecule has 1 heterocycles. The lowest BCUT2D eigenvalue weighted by molar-refractivity contribution is -0.129. The van der Waals surface area contributed by atoms with Crippen LogP contribution in [-0.2, 0) is 9.84 Å². The second-order valence-corrected chi connectivity index (χ2v) is 7.20. The van der Waals surface area contributed by atoms with Gasteiger partial charge in [-0.2, -0.15) is 13.2 Å². The van der Waals surface area contributed by atoms with Crippen LogP contribution in [0, 0.1) is 0 Å². The zero-order chi connectivity index (χ0) is 15.5. The number of hydrogen-bond donors (Lipinski definition) is 1. The molecule has 8 heteroatoms. The van der Waals surface area contributed by atoms with Crippen LogP contribution in [-0.4, -0.2) is 45.4 Å². The lowest BCUT2D eigenvalue weighted by Crippen LogP contribution is -2.55. The third-order valence-electron chi connectivity index (χ3n) is 3.37. The molecule has 1 aromatic rings. The van der Waals surface area contributed by atoms with Crippen molar-refractivity contribution in [3.05, 3.63) is 30.3 Å². The molecule has 21 heavy (non-hydrogen) atoms. The minimum absolute atomic E-state index is 0.134. The zero-order valence-corrected chi connectivity index (χ0v) is 12.1. The summed E-state index contributed by atoms with van der Waals surface area (Å²) in [4.78, 5) is 1.65. The van der Waals surface area contributed by atoms with Crippen molar-refractivity contribution in [3.63, 3.8) is 0 Å². The van der Waals surface area contributed by atoms with Crippen LogP contribution in [0.5, 0.6) is 0 Å². The second kappa shape index (κ2) is 6.23. The van der Waals surface area contributed by atoms with Gasteiger partial charge in [-0.05, 0) is 12.1 Å². The molecule has 4 nitrogen and oxygen atoms in total. The number of sulfone groups is 1. The molecule has 118 valence electrons. The van der Waals surface area contributed by atoms with Gasteiger partial charge in [0, 0.05) is 25.3 Å². The van der Waals surface area contributed by atoms with Crippen LogP contribution >= 0.6 is 0 Å². The fraction of sp³-hybridized carbons (Fsp3) is 0.538. The number of halogens is 3. The Labute approximate surface area is 121 Å². The molecule has 0 aromatic heterocycles. The van der Waals surface area contributed by atoms with Crippen molar-refractivity contribution in [1.29, 1.82) is 0 Å². The highest BCUT2D eigenvalue weighted by molar-refractivity contribution is 7.92. The van der Waals surface area contributed by atoms with E-state index in [0.29, 0.717) is 18.8 Å². The molecular weight excluding hydrogens is 305 g/mol. The van der Waals surface area contributed by atoms with Gasteiger partial charge in [0.25, 0.3) is 0 Å². The Morgan fingerprint density at radius 1 is 1.24 bits per heavy atom. The standard InChI is InChI=1S/C13H17F3N2O2S/c14-13(15,16)6-9-21(19,20)12-10-17-7-8-18(12)11-4-2-1-3-5-11/h1-5,12,17H,6-10H2. The van der Waals surface area contributed by atoms with E-state index in [-0.39, 0.29) is 6.54 Å². The lowest BCUT2D eigenvalue weighted by Gasteiger charge is -2.37. The fourth-order valence-corrected chi connectivity index (χ4v) is 4.08. The molecule has 0 radical (unpaired) electrons. The summed E-state index contributed by atoms with van der Waals surface area (Å²) < 4.78 is 61.3. The van der Waals surface area contributed by atoms with Gasteiger partial charge in [-0.1, -0.05) is 18.2 Å². The number of nitrogens with one attached hydrogen (secondary N) is 1. The van der Waals surface area contributed by atoms with Crippen molar-refractivity contribution in [2.45, 2.75) is 18.0 Å². The predicted molar refractivity (Wildman–Crippen MR) is 74.9 cm³/mol. The molecule has 1 aromatic carbocycles. The number of nitrogens with zero attached hydrogens (tertiary/aromatic N) is 1. The molecule has 1 aliphatic rings. The van der Waals surface area contributed by atoms with Gasteiger partial charge in [0.2, 0.25) is 0 Å². The summed E-state index contributed by atoms with van der Waals surface area (Å²) >= 11 is 0. The van der Waals surface area contributed by atoms with Crippen molar-refractivity contribution >= 4 is 15.5 Å². The Morgan fingerprint density at radius 2 is 1.90 bits per heavy atom. The van der Waals surface area contributed by atoms with Gasteiger partial charge in [0.1, 0.15) is 5.37 Å². The summed E-state index contributed by atoms with van der Waals surface area (Å²) in [7, 11) is -3.87. The van der Waals surface area contributed by atoms with Crippen LogP contribution in [0.4, 0.5) is 18.9 Å². The van der Waals surface area contributed by atoms with Crippen LogP contribution in [0.15, 0.2) is 30.3 Å². The molecule has 0 aliphatic carbocycles. The van der Waals surface area contributed by atoms with Gasteiger partial charge >= 0.3 is 6.18 Å². The number of rotatable bonds is 4. The first-order valence-corrected chi connectivity index (χ1v) is 8.32. The zero-order valence-electron chi connectivity index (χ0n) is 11.3. The predicted octanol–water partition coefficient (Wildman–Crippen LogP) is 1.79. The largest absolute Gasteiger partial charge is 0.390 e. The van der Waals surface area contributed by atoms with Crippen molar-refractivity contribution in [3.8, 4) is 0 Å². The first-order valence-electron chi connectivity index (χ1n) is 6.60. The highest BCUT2D eigenvalue weighted by Crippen LogP contribution is 2.25. The maximum absolute atomic E-state index is 12.3. The summed E-state index contributed by atoms with van der Waals surface area (Å²) in [5.74, 6) is -0.883. The maximum Gasteiger partial charge on any atom is 0.390 e. The second-order valence-electron chi connectivity index (χ2n) is 4.92. The minimum Gasteiger partial charge on any atom is -0.353 e. The molecule has 0 bridgehead atoms. The van der Waals surface area contributed by atoms with Gasteiger partial charge in [-0.15, -0.1) is 0 Å². The summed E-state index contributed by atoms with van der Waals surface area (Å²) in [6.07, 6.45) is -5.78. The van der Waals surface area contributed by atoms with Gasteiger partial charge < -0.3 is 10.2 Å². The van der Waals surface area contributed by atoms with Crippen molar-refractivity contribution < 1.29 is 21.6 Å².